The lowest BCUT2D eigenvalue weighted by Crippen LogP contribution is -2.25. The first-order valence-electron chi connectivity index (χ1n) is 4.74. The Balaban J connectivity index is 2.48. The van der Waals surface area contributed by atoms with Gasteiger partial charge in [-0.25, -0.2) is 4.79 Å². The zero-order valence-electron chi connectivity index (χ0n) is 8.77. The van der Waals surface area contributed by atoms with Crippen molar-refractivity contribution >= 4 is 24.0 Å². The number of hydrogen-bond acceptors (Lipinski definition) is 3. The maximum absolute atomic E-state index is 11.1. The highest BCUT2D eigenvalue weighted by Gasteiger charge is 2.05. The fourth-order valence-corrected chi connectivity index (χ4v) is 1.22. The van der Waals surface area contributed by atoms with Crippen LogP contribution in [0.3, 0.4) is 0 Å². The van der Waals surface area contributed by atoms with Crippen LogP contribution in [-0.4, -0.2) is 17.9 Å². The molecule has 1 atom stereocenters. The van der Waals surface area contributed by atoms with Crippen molar-refractivity contribution < 1.29 is 14.3 Å². The van der Waals surface area contributed by atoms with Gasteiger partial charge in [-0.15, -0.1) is 0 Å². The maximum Gasteiger partial charge on any atom is 0.408 e. The van der Waals surface area contributed by atoms with Gasteiger partial charge in [-0.2, -0.15) is 0 Å². The Morgan fingerprint density at radius 3 is 3.00 bits per heavy atom. The van der Waals surface area contributed by atoms with Gasteiger partial charge in [-0.1, -0.05) is 29.8 Å². The standard InChI is InChI=1S/C11H12ClNO3/c1-8(12)16-11(15)13-6-9-3-2-4-10(5-9)7-14/h2-5,7-8H,6H2,1H3,(H,13,15). The van der Waals surface area contributed by atoms with Gasteiger partial charge in [0, 0.05) is 12.1 Å². The average Bonchev–Trinajstić information content (AvgIpc) is 2.26. The van der Waals surface area contributed by atoms with Crippen molar-refractivity contribution in [3.63, 3.8) is 0 Å². The predicted octanol–water partition coefficient (Wildman–Crippen LogP) is 2.31. The summed E-state index contributed by atoms with van der Waals surface area (Å²) in [6, 6.07) is 6.93. The van der Waals surface area contributed by atoms with Gasteiger partial charge in [0.15, 0.2) is 5.56 Å². The second-order valence-electron chi connectivity index (χ2n) is 3.16. The molecule has 1 rings (SSSR count). The molecule has 0 aliphatic heterocycles. The van der Waals surface area contributed by atoms with Crippen LogP contribution >= 0.6 is 11.6 Å². The van der Waals surface area contributed by atoms with E-state index in [0.29, 0.717) is 12.1 Å². The quantitative estimate of drug-likeness (QED) is 0.650. The minimum absolute atomic E-state index is 0.296. The molecule has 1 amide bonds. The molecule has 4 nitrogen and oxygen atoms in total. The van der Waals surface area contributed by atoms with Gasteiger partial charge in [0.25, 0.3) is 0 Å². The van der Waals surface area contributed by atoms with E-state index < -0.39 is 11.7 Å². The monoisotopic (exact) mass is 241 g/mol. The van der Waals surface area contributed by atoms with E-state index in [1.165, 1.54) is 0 Å². The molecule has 86 valence electrons. The van der Waals surface area contributed by atoms with Gasteiger partial charge < -0.3 is 10.1 Å². The lowest BCUT2D eigenvalue weighted by molar-refractivity contribution is 0.112. The summed E-state index contributed by atoms with van der Waals surface area (Å²) >= 11 is 5.47. The predicted molar refractivity (Wildman–Crippen MR) is 60.5 cm³/mol. The summed E-state index contributed by atoms with van der Waals surface area (Å²) in [4.78, 5) is 21.6. The lowest BCUT2D eigenvalue weighted by atomic mass is 10.1. The van der Waals surface area contributed by atoms with Gasteiger partial charge in [0.1, 0.15) is 6.29 Å². The van der Waals surface area contributed by atoms with E-state index in [-0.39, 0.29) is 0 Å². The summed E-state index contributed by atoms with van der Waals surface area (Å²) in [5.74, 6) is 0. The molecule has 5 heteroatoms. The highest BCUT2D eigenvalue weighted by Crippen LogP contribution is 2.03. The van der Waals surface area contributed by atoms with Crippen LogP contribution in [0.15, 0.2) is 24.3 Å². The summed E-state index contributed by atoms with van der Waals surface area (Å²) < 4.78 is 4.67. The normalized spacial score (nSPS) is 11.6. The Hall–Kier alpha value is -1.55. The van der Waals surface area contributed by atoms with Gasteiger partial charge >= 0.3 is 6.09 Å². The number of carbonyl (C=O) groups excluding carboxylic acids is 2. The van der Waals surface area contributed by atoms with Gasteiger partial charge in [-0.05, 0) is 18.6 Å². The second kappa shape index (κ2) is 6.12. The molecular formula is C11H12ClNO3. The van der Waals surface area contributed by atoms with E-state index in [0.717, 1.165) is 11.8 Å². The highest BCUT2D eigenvalue weighted by atomic mass is 35.5. The number of halogens is 1. The van der Waals surface area contributed by atoms with Crippen molar-refractivity contribution in [1.29, 1.82) is 0 Å². The molecule has 0 bridgehead atoms. The van der Waals surface area contributed by atoms with Crippen molar-refractivity contribution in [2.75, 3.05) is 0 Å². The number of carbonyl (C=O) groups is 2. The third-order valence-electron chi connectivity index (χ3n) is 1.79. The molecule has 0 aliphatic rings. The molecule has 1 N–H and O–H groups in total. The highest BCUT2D eigenvalue weighted by molar-refractivity contribution is 6.19. The fraction of sp³-hybridized carbons (Fsp3) is 0.273. The Kier molecular flexibility index (Phi) is 4.79. The summed E-state index contributed by atoms with van der Waals surface area (Å²) in [5.41, 5.74) is 0.725. The fourth-order valence-electron chi connectivity index (χ4n) is 1.14. The van der Waals surface area contributed by atoms with E-state index in [9.17, 15) is 9.59 Å². The molecule has 0 saturated heterocycles. The average molecular weight is 242 g/mol. The smallest absolute Gasteiger partial charge is 0.408 e. The SMILES string of the molecule is CC(Cl)OC(=O)NCc1cccc(C=O)c1. The Morgan fingerprint density at radius 2 is 2.38 bits per heavy atom. The lowest BCUT2D eigenvalue weighted by Gasteiger charge is -2.08. The van der Waals surface area contributed by atoms with Gasteiger partial charge in [-0.3, -0.25) is 4.79 Å². The zero-order chi connectivity index (χ0) is 12.0. The first kappa shape index (κ1) is 12.5. The first-order chi connectivity index (χ1) is 7.61. The first-order valence-corrected chi connectivity index (χ1v) is 5.18. The number of nitrogens with one attached hydrogen (secondary N) is 1. The van der Waals surface area contributed by atoms with E-state index in [1.807, 2.05) is 0 Å². The topological polar surface area (TPSA) is 55.4 Å². The van der Waals surface area contributed by atoms with Crippen molar-refractivity contribution in [3.8, 4) is 0 Å². The second-order valence-corrected chi connectivity index (χ2v) is 3.78. The van der Waals surface area contributed by atoms with Crippen molar-refractivity contribution in [1.82, 2.24) is 5.32 Å². The summed E-state index contributed by atoms with van der Waals surface area (Å²) in [6.07, 6.45) is 0.168. The van der Waals surface area contributed by atoms with Crippen LogP contribution in [0.1, 0.15) is 22.8 Å². The number of benzene rings is 1. The van der Waals surface area contributed by atoms with Crippen LogP contribution in [0, 0.1) is 0 Å². The molecule has 0 saturated carbocycles. The third-order valence-corrected chi connectivity index (χ3v) is 1.88. The van der Waals surface area contributed by atoms with Crippen LogP contribution in [0.4, 0.5) is 4.79 Å². The molecule has 0 aromatic heterocycles. The van der Waals surface area contributed by atoms with Crippen molar-refractivity contribution in [2.24, 2.45) is 0 Å². The van der Waals surface area contributed by atoms with Crippen molar-refractivity contribution in [3.05, 3.63) is 35.4 Å². The van der Waals surface area contributed by atoms with Gasteiger partial charge in [0.05, 0.1) is 0 Å². The number of alkyl halides is 1. The molecule has 1 unspecified atom stereocenters. The van der Waals surface area contributed by atoms with E-state index in [1.54, 1.807) is 31.2 Å². The largest absolute Gasteiger partial charge is 0.430 e. The zero-order valence-corrected chi connectivity index (χ0v) is 9.53. The number of alkyl carbamates (subject to hydrolysis) is 1. The number of aldehydes is 1. The van der Waals surface area contributed by atoms with E-state index in [2.05, 4.69) is 10.1 Å². The molecular weight excluding hydrogens is 230 g/mol. The molecule has 1 aromatic carbocycles. The molecule has 0 aliphatic carbocycles. The minimum atomic E-state index is -0.665. The molecule has 0 radical (unpaired) electrons. The number of ether oxygens (including phenoxy) is 1. The maximum atomic E-state index is 11.1. The minimum Gasteiger partial charge on any atom is -0.430 e. The number of amides is 1. The number of rotatable bonds is 4. The summed E-state index contributed by atoms with van der Waals surface area (Å²) in [5, 5.41) is 2.52. The number of hydrogen-bond donors (Lipinski definition) is 1. The Morgan fingerprint density at radius 1 is 1.62 bits per heavy atom. The van der Waals surface area contributed by atoms with Crippen LogP contribution in [-0.2, 0) is 11.3 Å². The van der Waals surface area contributed by atoms with E-state index in [4.69, 9.17) is 11.6 Å². The Labute approximate surface area is 98.5 Å². The molecule has 1 aromatic rings. The van der Waals surface area contributed by atoms with E-state index >= 15 is 0 Å². The summed E-state index contributed by atoms with van der Waals surface area (Å²) in [6.45, 7) is 1.85. The molecule has 0 fully saturated rings. The van der Waals surface area contributed by atoms with Gasteiger partial charge in [0.2, 0.25) is 0 Å². The molecule has 0 heterocycles. The van der Waals surface area contributed by atoms with Crippen LogP contribution < -0.4 is 5.32 Å². The molecule has 16 heavy (non-hydrogen) atoms. The Bertz CT molecular complexity index is 379. The molecule has 0 spiro atoms. The van der Waals surface area contributed by atoms with Crippen LogP contribution in [0.25, 0.3) is 0 Å². The summed E-state index contributed by atoms with van der Waals surface area (Å²) in [7, 11) is 0. The van der Waals surface area contributed by atoms with Crippen LogP contribution in [0.5, 0.6) is 0 Å². The van der Waals surface area contributed by atoms with Crippen LogP contribution in [0.2, 0.25) is 0 Å². The third kappa shape index (κ3) is 4.31. The van der Waals surface area contributed by atoms with Crippen molar-refractivity contribution in [2.45, 2.75) is 19.0 Å².